The highest BCUT2D eigenvalue weighted by Crippen LogP contribution is 2.42. The Morgan fingerprint density at radius 1 is 0.903 bits per heavy atom. The van der Waals surface area contributed by atoms with Gasteiger partial charge in [-0.3, -0.25) is 14.5 Å². The van der Waals surface area contributed by atoms with Crippen LogP contribution in [0, 0.1) is 13.8 Å². The molecular weight excluding hydrogens is 388 g/mol. The summed E-state index contributed by atoms with van der Waals surface area (Å²) in [5.41, 5.74) is 5.40. The Hall–Kier alpha value is -3.86. The number of benzene rings is 3. The number of carboxylic acids is 1. The highest BCUT2D eigenvalue weighted by Gasteiger charge is 2.41. The molecule has 1 atom stereocenters. The molecule has 1 aliphatic heterocycles. The summed E-state index contributed by atoms with van der Waals surface area (Å²) in [4.78, 5) is 27.1. The Balaban J connectivity index is 1.85. The van der Waals surface area contributed by atoms with Crippen molar-refractivity contribution in [2.75, 3.05) is 10.2 Å². The zero-order chi connectivity index (χ0) is 22.0. The fraction of sp³-hybridized carbons (Fsp3) is 0.154. The lowest BCUT2D eigenvalue weighted by molar-refractivity contribution is -0.136. The first-order chi connectivity index (χ1) is 14.9. The summed E-state index contributed by atoms with van der Waals surface area (Å²) in [6.45, 7) is 3.98. The van der Waals surface area contributed by atoms with Crippen LogP contribution in [0.15, 0.2) is 90.1 Å². The number of aryl methyl sites for hydroxylation is 2. The number of carbonyl (C=O) groups excluding carboxylic acids is 1. The SMILES string of the molecule is Cc1ccc(NC2=C(CC(=O)O)[C@H](c3ccccc3)N(c3ccc(C)cc3)C2=O)cc1. The molecule has 0 radical (unpaired) electrons. The maximum atomic E-state index is 13.7. The second-order valence-electron chi connectivity index (χ2n) is 7.79. The van der Waals surface area contributed by atoms with Crippen LogP contribution < -0.4 is 10.2 Å². The van der Waals surface area contributed by atoms with Crippen molar-refractivity contribution in [1.29, 1.82) is 0 Å². The van der Waals surface area contributed by atoms with Gasteiger partial charge in [0.2, 0.25) is 0 Å². The number of anilines is 2. The second kappa shape index (κ2) is 8.48. The minimum absolute atomic E-state index is 0.234. The number of carbonyl (C=O) groups is 2. The van der Waals surface area contributed by atoms with Crippen LogP contribution in [0.1, 0.15) is 29.2 Å². The number of aliphatic carboxylic acids is 1. The smallest absolute Gasteiger partial charge is 0.307 e. The molecule has 31 heavy (non-hydrogen) atoms. The number of amides is 1. The predicted octanol–water partition coefficient (Wildman–Crippen LogP) is 5.23. The van der Waals surface area contributed by atoms with Crippen LogP contribution in [0.5, 0.6) is 0 Å². The van der Waals surface area contributed by atoms with Gasteiger partial charge in [-0.15, -0.1) is 0 Å². The van der Waals surface area contributed by atoms with E-state index >= 15 is 0 Å². The molecule has 5 nitrogen and oxygen atoms in total. The Labute approximate surface area is 181 Å². The van der Waals surface area contributed by atoms with E-state index in [9.17, 15) is 14.7 Å². The Morgan fingerprint density at radius 3 is 2.06 bits per heavy atom. The van der Waals surface area contributed by atoms with Gasteiger partial charge in [0.05, 0.1) is 12.5 Å². The summed E-state index contributed by atoms with van der Waals surface area (Å²) in [6.07, 6.45) is -0.234. The molecule has 0 bridgehead atoms. The third kappa shape index (κ3) is 4.21. The number of nitrogens with zero attached hydrogens (tertiary/aromatic N) is 1. The number of hydrogen-bond donors (Lipinski definition) is 2. The quantitative estimate of drug-likeness (QED) is 0.581. The summed E-state index contributed by atoms with van der Waals surface area (Å²) in [5, 5.41) is 12.9. The van der Waals surface area contributed by atoms with E-state index in [1.165, 1.54) is 0 Å². The first-order valence-corrected chi connectivity index (χ1v) is 10.2. The molecular formula is C26H24N2O3. The van der Waals surface area contributed by atoms with Gasteiger partial charge in [-0.2, -0.15) is 0 Å². The molecule has 2 N–H and O–H groups in total. The maximum absolute atomic E-state index is 13.7. The second-order valence-corrected chi connectivity index (χ2v) is 7.79. The van der Waals surface area contributed by atoms with Crippen molar-refractivity contribution in [1.82, 2.24) is 0 Å². The van der Waals surface area contributed by atoms with Crippen LogP contribution in [0.2, 0.25) is 0 Å². The van der Waals surface area contributed by atoms with Gasteiger partial charge < -0.3 is 10.4 Å². The summed E-state index contributed by atoms with van der Waals surface area (Å²) in [6, 6.07) is 24.4. The van der Waals surface area contributed by atoms with Crippen LogP contribution >= 0.6 is 0 Å². The average molecular weight is 412 g/mol. The molecule has 0 unspecified atom stereocenters. The third-order valence-corrected chi connectivity index (χ3v) is 5.43. The van der Waals surface area contributed by atoms with E-state index in [1.807, 2.05) is 92.7 Å². The van der Waals surface area contributed by atoms with Gasteiger partial charge in [0.25, 0.3) is 5.91 Å². The van der Waals surface area contributed by atoms with Gasteiger partial charge >= 0.3 is 5.97 Å². The zero-order valence-corrected chi connectivity index (χ0v) is 17.5. The molecule has 0 saturated heterocycles. The van der Waals surface area contributed by atoms with Gasteiger partial charge in [-0.1, -0.05) is 65.7 Å². The maximum Gasteiger partial charge on any atom is 0.307 e. The van der Waals surface area contributed by atoms with Gasteiger partial charge in [0.1, 0.15) is 5.70 Å². The van der Waals surface area contributed by atoms with Crippen molar-refractivity contribution in [3.63, 3.8) is 0 Å². The van der Waals surface area contributed by atoms with Crippen LogP contribution in [0.4, 0.5) is 11.4 Å². The largest absolute Gasteiger partial charge is 0.481 e. The summed E-state index contributed by atoms with van der Waals surface area (Å²) in [7, 11) is 0. The Kier molecular flexibility index (Phi) is 5.58. The van der Waals surface area contributed by atoms with Crippen LogP contribution in [-0.4, -0.2) is 17.0 Å². The number of nitrogens with one attached hydrogen (secondary N) is 1. The van der Waals surface area contributed by atoms with Gasteiger partial charge in [0.15, 0.2) is 0 Å². The molecule has 1 heterocycles. The molecule has 0 spiro atoms. The lowest BCUT2D eigenvalue weighted by Crippen LogP contribution is -2.31. The van der Waals surface area contributed by atoms with Crippen molar-refractivity contribution < 1.29 is 14.7 Å². The van der Waals surface area contributed by atoms with Crippen LogP contribution in [0.3, 0.4) is 0 Å². The van der Waals surface area contributed by atoms with E-state index < -0.39 is 12.0 Å². The molecule has 1 amide bonds. The molecule has 3 aromatic carbocycles. The van der Waals surface area contributed by atoms with E-state index in [0.29, 0.717) is 11.3 Å². The first-order valence-electron chi connectivity index (χ1n) is 10.2. The zero-order valence-electron chi connectivity index (χ0n) is 17.5. The Morgan fingerprint density at radius 2 is 1.48 bits per heavy atom. The van der Waals surface area contributed by atoms with E-state index in [-0.39, 0.29) is 12.3 Å². The van der Waals surface area contributed by atoms with E-state index in [2.05, 4.69) is 5.32 Å². The van der Waals surface area contributed by atoms with Crippen molar-refractivity contribution >= 4 is 23.3 Å². The van der Waals surface area contributed by atoms with Crippen LogP contribution in [-0.2, 0) is 9.59 Å². The third-order valence-electron chi connectivity index (χ3n) is 5.43. The van der Waals surface area contributed by atoms with Crippen molar-refractivity contribution in [2.45, 2.75) is 26.3 Å². The molecule has 4 rings (SSSR count). The molecule has 0 fully saturated rings. The van der Waals surface area contributed by atoms with Crippen molar-refractivity contribution in [2.24, 2.45) is 0 Å². The van der Waals surface area contributed by atoms with Crippen molar-refractivity contribution in [3.8, 4) is 0 Å². The normalized spacial score (nSPS) is 16.0. The highest BCUT2D eigenvalue weighted by molar-refractivity contribution is 6.12. The molecule has 0 aromatic heterocycles. The number of carboxylic acid groups (broad SMARTS) is 1. The predicted molar refractivity (Wildman–Crippen MR) is 122 cm³/mol. The molecule has 0 saturated carbocycles. The summed E-state index contributed by atoms with van der Waals surface area (Å²) < 4.78 is 0. The van der Waals surface area contributed by atoms with Crippen LogP contribution in [0.25, 0.3) is 0 Å². The lowest BCUT2D eigenvalue weighted by Gasteiger charge is -2.27. The van der Waals surface area contributed by atoms with Gasteiger partial charge in [0, 0.05) is 11.4 Å². The molecule has 5 heteroatoms. The van der Waals surface area contributed by atoms with E-state index in [4.69, 9.17) is 0 Å². The van der Waals surface area contributed by atoms with Crippen molar-refractivity contribution in [3.05, 3.63) is 107 Å². The fourth-order valence-electron chi connectivity index (χ4n) is 3.89. The lowest BCUT2D eigenvalue weighted by atomic mass is 9.96. The molecule has 1 aliphatic rings. The van der Waals surface area contributed by atoms with E-state index in [1.54, 1.807) is 4.90 Å². The minimum Gasteiger partial charge on any atom is -0.481 e. The molecule has 0 aliphatic carbocycles. The highest BCUT2D eigenvalue weighted by atomic mass is 16.4. The minimum atomic E-state index is -0.974. The van der Waals surface area contributed by atoms with Gasteiger partial charge in [-0.25, -0.2) is 0 Å². The standard InChI is InChI=1S/C26H24N2O3/c1-17-8-12-20(13-9-17)27-24-22(16-23(29)30)25(19-6-4-3-5-7-19)28(26(24)31)21-14-10-18(2)11-15-21/h3-15,25,27H,16H2,1-2H3,(H,29,30)/t25-/m0/s1. The van der Waals surface area contributed by atoms with Gasteiger partial charge in [-0.05, 0) is 49.2 Å². The summed E-state index contributed by atoms with van der Waals surface area (Å²) in [5.74, 6) is -1.22. The van der Waals surface area contributed by atoms with E-state index in [0.717, 1.165) is 28.1 Å². The summed E-state index contributed by atoms with van der Waals surface area (Å²) >= 11 is 0. The topological polar surface area (TPSA) is 69.6 Å². The molecule has 3 aromatic rings. The number of hydrogen-bond acceptors (Lipinski definition) is 3. The fourth-order valence-corrected chi connectivity index (χ4v) is 3.89. The average Bonchev–Trinajstić information content (AvgIpc) is 3.02. The monoisotopic (exact) mass is 412 g/mol. The number of rotatable bonds is 6. The molecule has 156 valence electrons. The first kappa shape index (κ1) is 20.4. The Bertz CT molecular complexity index is 1130.